The summed E-state index contributed by atoms with van der Waals surface area (Å²) in [5.41, 5.74) is 2.96. The normalized spacial score (nSPS) is 13.2. The number of halogens is 1. The highest BCUT2D eigenvalue weighted by atomic mass is 79.9. The fraction of sp³-hybridized carbons (Fsp3) is 0.227. The highest BCUT2D eigenvalue weighted by molar-refractivity contribution is 9.10. The molecule has 10 heteroatoms. The number of nitrogens with one attached hydrogen (secondary N) is 1. The Bertz CT molecular complexity index is 1290. The smallest absolute Gasteiger partial charge is 0.410 e. The lowest BCUT2D eigenvalue weighted by Crippen LogP contribution is -2.35. The number of fused-ring (bicyclic) bond motifs is 2. The number of anilines is 1. The van der Waals surface area contributed by atoms with Crippen LogP contribution in [-0.4, -0.2) is 35.0 Å². The Balaban J connectivity index is 1.55. The monoisotopic (exact) mass is 531 g/mol. The second-order valence-electron chi connectivity index (χ2n) is 7.12. The van der Waals surface area contributed by atoms with E-state index in [1.807, 2.05) is 24.3 Å². The van der Waals surface area contributed by atoms with Gasteiger partial charge in [0, 0.05) is 17.0 Å². The van der Waals surface area contributed by atoms with Gasteiger partial charge < -0.3 is 19.4 Å². The molecule has 1 aliphatic rings. The van der Waals surface area contributed by atoms with Gasteiger partial charge in [-0.2, -0.15) is 0 Å². The van der Waals surface area contributed by atoms with Crippen LogP contribution in [0.4, 0.5) is 9.80 Å². The number of para-hydroxylation sites is 1. The Kier molecular flexibility index (Phi) is 5.75. The zero-order chi connectivity index (χ0) is 22.2. The van der Waals surface area contributed by atoms with Crippen molar-refractivity contribution >= 4 is 65.8 Å². The van der Waals surface area contributed by atoms with Crippen LogP contribution in [-0.2, 0) is 17.7 Å². The number of carbonyl (C=O) groups excluding carboxylic acids is 2. The van der Waals surface area contributed by atoms with E-state index in [4.69, 9.17) is 14.1 Å². The minimum atomic E-state index is -0.334. The van der Waals surface area contributed by atoms with Crippen LogP contribution < -0.4 is 5.32 Å². The second-order valence-corrected chi connectivity index (χ2v) is 10.0. The van der Waals surface area contributed by atoms with Crippen molar-refractivity contribution in [3.05, 3.63) is 57.3 Å². The maximum Gasteiger partial charge on any atom is 0.410 e. The predicted molar refractivity (Wildman–Crippen MR) is 128 cm³/mol. The van der Waals surface area contributed by atoms with Crippen LogP contribution in [0.1, 0.15) is 27.9 Å². The molecule has 4 aromatic rings. The summed E-state index contributed by atoms with van der Waals surface area (Å²) in [7, 11) is 0. The van der Waals surface area contributed by atoms with Gasteiger partial charge >= 0.3 is 6.09 Å². The molecule has 0 spiro atoms. The summed E-state index contributed by atoms with van der Waals surface area (Å²) in [5, 5.41) is 4.56. The molecule has 2 amide bonds. The van der Waals surface area contributed by atoms with Gasteiger partial charge in [0.1, 0.15) is 10.0 Å². The number of hydrogen-bond acceptors (Lipinski definition) is 7. The molecule has 5 rings (SSSR count). The van der Waals surface area contributed by atoms with Gasteiger partial charge in [0.05, 0.1) is 23.4 Å². The van der Waals surface area contributed by atoms with Gasteiger partial charge in [0.15, 0.2) is 10.4 Å². The first-order valence-corrected chi connectivity index (χ1v) is 12.4. The van der Waals surface area contributed by atoms with Crippen molar-refractivity contribution in [2.75, 3.05) is 18.5 Å². The number of hydrogen-bond donors (Lipinski definition) is 1. The first-order chi connectivity index (χ1) is 15.5. The predicted octanol–water partition coefficient (Wildman–Crippen LogP) is 6.15. The third kappa shape index (κ3) is 3.94. The van der Waals surface area contributed by atoms with Gasteiger partial charge in [-0.25, -0.2) is 9.78 Å². The van der Waals surface area contributed by atoms with Crippen LogP contribution in [0.15, 0.2) is 45.5 Å². The van der Waals surface area contributed by atoms with Crippen LogP contribution in [0.5, 0.6) is 0 Å². The van der Waals surface area contributed by atoms with Gasteiger partial charge in [-0.3, -0.25) is 4.79 Å². The van der Waals surface area contributed by atoms with Crippen molar-refractivity contribution in [1.82, 2.24) is 9.88 Å². The van der Waals surface area contributed by atoms with Gasteiger partial charge in [0.2, 0.25) is 0 Å². The Morgan fingerprint density at radius 2 is 2.09 bits per heavy atom. The fourth-order valence-corrected chi connectivity index (χ4v) is 6.34. The molecular formula is C22H18BrN3O4S2. The van der Waals surface area contributed by atoms with E-state index in [1.165, 1.54) is 11.3 Å². The molecule has 4 heterocycles. The Hall–Kier alpha value is -2.69. The van der Waals surface area contributed by atoms with Gasteiger partial charge in [-0.15, -0.1) is 22.7 Å². The first-order valence-electron chi connectivity index (χ1n) is 10.0. The molecule has 164 valence electrons. The van der Waals surface area contributed by atoms with Gasteiger partial charge in [-0.1, -0.05) is 12.1 Å². The molecule has 1 aliphatic heterocycles. The number of furan rings is 1. The van der Waals surface area contributed by atoms with Crippen molar-refractivity contribution in [1.29, 1.82) is 0 Å². The molecule has 0 atom stereocenters. The van der Waals surface area contributed by atoms with Crippen LogP contribution in [0.2, 0.25) is 0 Å². The largest absolute Gasteiger partial charge is 0.450 e. The summed E-state index contributed by atoms with van der Waals surface area (Å²) in [6, 6.07) is 11.3. The van der Waals surface area contributed by atoms with E-state index in [1.54, 1.807) is 35.3 Å². The number of aromatic nitrogens is 1. The zero-order valence-corrected chi connectivity index (χ0v) is 20.2. The molecule has 1 N–H and O–H groups in total. The number of rotatable bonds is 4. The van der Waals surface area contributed by atoms with Crippen molar-refractivity contribution in [3.63, 3.8) is 0 Å². The molecule has 1 aromatic carbocycles. The highest BCUT2D eigenvalue weighted by Crippen LogP contribution is 2.46. The number of amides is 2. The van der Waals surface area contributed by atoms with E-state index in [2.05, 4.69) is 21.2 Å². The highest BCUT2D eigenvalue weighted by Gasteiger charge is 2.30. The zero-order valence-electron chi connectivity index (χ0n) is 17.0. The Morgan fingerprint density at radius 3 is 2.84 bits per heavy atom. The molecule has 0 unspecified atom stereocenters. The third-order valence-electron chi connectivity index (χ3n) is 5.11. The lowest BCUT2D eigenvalue weighted by atomic mass is 10.0. The van der Waals surface area contributed by atoms with Gasteiger partial charge in [-0.05, 0) is 59.1 Å². The maximum atomic E-state index is 12.8. The first kappa shape index (κ1) is 21.2. The summed E-state index contributed by atoms with van der Waals surface area (Å²) in [6.45, 7) is 3.13. The second kappa shape index (κ2) is 8.68. The Morgan fingerprint density at radius 1 is 1.25 bits per heavy atom. The summed E-state index contributed by atoms with van der Waals surface area (Å²) >= 11 is 6.29. The number of ether oxygens (including phenoxy) is 1. The van der Waals surface area contributed by atoms with Crippen LogP contribution in [0.3, 0.4) is 0 Å². The summed E-state index contributed by atoms with van der Waals surface area (Å²) in [6.07, 6.45) is 0.344. The van der Waals surface area contributed by atoms with Crippen molar-refractivity contribution in [2.45, 2.75) is 19.9 Å². The molecule has 0 fully saturated rings. The van der Waals surface area contributed by atoms with Crippen LogP contribution >= 0.6 is 38.6 Å². The number of nitrogens with zero attached hydrogens (tertiary/aromatic N) is 2. The standard InChI is InChI=1S/C22H18BrN3O4S2/c1-2-29-22(28)26-10-9-12-16(11-26)32-21(25-19(27)14-7-8-17(23)30-14)18(12)20-24-13-5-3-4-6-15(13)31-20/h3-8H,2,9-11H2,1H3,(H,25,27). The van der Waals surface area contributed by atoms with Crippen molar-refractivity contribution in [3.8, 4) is 10.6 Å². The molecule has 0 bridgehead atoms. The van der Waals surface area contributed by atoms with Crippen LogP contribution in [0.25, 0.3) is 20.8 Å². The van der Waals surface area contributed by atoms with E-state index in [0.717, 1.165) is 31.2 Å². The molecule has 32 heavy (non-hydrogen) atoms. The molecule has 0 saturated carbocycles. The minimum Gasteiger partial charge on any atom is -0.450 e. The van der Waals surface area contributed by atoms with Gasteiger partial charge in [0.25, 0.3) is 5.91 Å². The van der Waals surface area contributed by atoms with Crippen molar-refractivity contribution in [2.24, 2.45) is 0 Å². The summed E-state index contributed by atoms with van der Waals surface area (Å²) in [4.78, 5) is 32.6. The lowest BCUT2D eigenvalue weighted by Gasteiger charge is -2.26. The molecule has 7 nitrogen and oxygen atoms in total. The van der Waals surface area contributed by atoms with E-state index >= 15 is 0 Å². The molecule has 0 saturated heterocycles. The fourth-order valence-electron chi connectivity index (χ4n) is 3.67. The van der Waals surface area contributed by atoms with E-state index in [9.17, 15) is 9.59 Å². The average molecular weight is 532 g/mol. The molecule has 0 aliphatic carbocycles. The van der Waals surface area contributed by atoms with Crippen molar-refractivity contribution < 1.29 is 18.7 Å². The topological polar surface area (TPSA) is 84.7 Å². The number of carbonyl (C=O) groups is 2. The quantitative estimate of drug-likeness (QED) is 0.341. The summed E-state index contributed by atoms with van der Waals surface area (Å²) < 4.78 is 12.2. The maximum absolute atomic E-state index is 12.8. The van der Waals surface area contributed by atoms with E-state index < -0.39 is 0 Å². The Labute approximate surface area is 200 Å². The number of thiazole rings is 1. The molecule has 0 radical (unpaired) electrons. The SMILES string of the molecule is CCOC(=O)N1CCc2c(sc(NC(=O)c3ccc(Br)o3)c2-c2nc3ccccc3s2)C1. The molecule has 3 aromatic heterocycles. The molecular weight excluding hydrogens is 514 g/mol. The third-order valence-corrected chi connectivity index (χ3v) is 7.73. The number of thiophene rings is 1. The van der Waals surface area contributed by atoms with Crippen LogP contribution in [0, 0.1) is 0 Å². The van der Waals surface area contributed by atoms with E-state index in [-0.39, 0.29) is 17.8 Å². The van der Waals surface area contributed by atoms with E-state index in [0.29, 0.717) is 35.8 Å². The number of benzene rings is 1. The summed E-state index contributed by atoms with van der Waals surface area (Å²) in [5.74, 6) is -0.120. The minimum absolute atomic E-state index is 0.214. The average Bonchev–Trinajstić information content (AvgIpc) is 3.48. The lowest BCUT2D eigenvalue weighted by molar-refractivity contribution is 0.0994.